The van der Waals surface area contributed by atoms with Crippen molar-refractivity contribution in [1.82, 2.24) is 4.98 Å². The Balaban J connectivity index is 2.07. The number of hydrogen-bond acceptors (Lipinski definition) is 3. The molecule has 0 aliphatic rings. The minimum atomic E-state index is -0.803. The first-order chi connectivity index (χ1) is 10.2. The molecule has 0 aliphatic carbocycles. The van der Waals surface area contributed by atoms with Crippen molar-refractivity contribution >= 4 is 22.5 Å². The number of nitrogens with zero attached hydrogens (tertiary/aromatic N) is 1. The Hall–Kier alpha value is -2.10. The van der Waals surface area contributed by atoms with Gasteiger partial charge in [0.25, 0.3) is 0 Å². The maximum absolute atomic E-state index is 10.6. The third-order valence-electron chi connectivity index (χ3n) is 3.43. The molecule has 3 nitrogen and oxygen atoms in total. The van der Waals surface area contributed by atoms with Crippen LogP contribution in [0.5, 0.6) is 5.75 Å². The van der Waals surface area contributed by atoms with E-state index in [0.717, 1.165) is 16.5 Å². The van der Waals surface area contributed by atoms with E-state index in [1.807, 2.05) is 30.3 Å². The van der Waals surface area contributed by atoms with Crippen LogP contribution in [0.15, 0.2) is 54.7 Å². The van der Waals surface area contributed by atoms with Gasteiger partial charge in [0.15, 0.2) is 0 Å². The van der Waals surface area contributed by atoms with Crippen molar-refractivity contribution in [3.05, 3.63) is 70.9 Å². The van der Waals surface area contributed by atoms with Gasteiger partial charge in [-0.2, -0.15) is 0 Å². The molecule has 1 heterocycles. The van der Waals surface area contributed by atoms with Crippen LogP contribution in [-0.4, -0.2) is 17.2 Å². The van der Waals surface area contributed by atoms with E-state index in [4.69, 9.17) is 16.3 Å². The fourth-order valence-corrected chi connectivity index (χ4v) is 2.54. The van der Waals surface area contributed by atoms with E-state index in [1.165, 1.54) is 0 Å². The summed E-state index contributed by atoms with van der Waals surface area (Å²) in [6.07, 6.45) is 0.946. The van der Waals surface area contributed by atoms with E-state index < -0.39 is 6.10 Å². The summed E-state index contributed by atoms with van der Waals surface area (Å²) >= 11 is 6.02. The number of ether oxygens (including phenoxy) is 1. The molecule has 0 amide bonds. The van der Waals surface area contributed by atoms with Crippen molar-refractivity contribution in [2.45, 2.75) is 6.10 Å². The molecular formula is C17H14ClNO2. The molecule has 0 fully saturated rings. The summed E-state index contributed by atoms with van der Waals surface area (Å²) in [5.41, 5.74) is 2.32. The van der Waals surface area contributed by atoms with Crippen molar-refractivity contribution in [1.29, 1.82) is 0 Å². The van der Waals surface area contributed by atoms with Crippen molar-refractivity contribution in [2.24, 2.45) is 0 Å². The van der Waals surface area contributed by atoms with Crippen LogP contribution in [0.3, 0.4) is 0 Å². The number of fused-ring (bicyclic) bond motifs is 1. The Morgan fingerprint density at radius 3 is 2.81 bits per heavy atom. The highest BCUT2D eigenvalue weighted by molar-refractivity contribution is 6.30. The Morgan fingerprint density at radius 1 is 1.14 bits per heavy atom. The summed E-state index contributed by atoms with van der Waals surface area (Å²) in [6, 6.07) is 14.7. The molecule has 0 radical (unpaired) electrons. The average Bonchev–Trinajstić information content (AvgIpc) is 2.53. The first-order valence-electron chi connectivity index (χ1n) is 6.55. The Labute approximate surface area is 127 Å². The largest absolute Gasteiger partial charge is 0.496 e. The Morgan fingerprint density at radius 2 is 2.00 bits per heavy atom. The number of aliphatic hydroxyl groups is 1. The van der Waals surface area contributed by atoms with E-state index >= 15 is 0 Å². The lowest BCUT2D eigenvalue weighted by molar-refractivity contribution is 0.215. The van der Waals surface area contributed by atoms with Crippen molar-refractivity contribution in [3.8, 4) is 5.75 Å². The van der Waals surface area contributed by atoms with Gasteiger partial charge in [0.2, 0.25) is 0 Å². The fraction of sp³-hybridized carbons (Fsp3) is 0.118. The molecule has 0 aliphatic heterocycles. The molecule has 0 bridgehead atoms. The monoisotopic (exact) mass is 299 g/mol. The minimum Gasteiger partial charge on any atom is -0.496 e. The molecular weight excluding hydrogens is 286 g/mol. The normalized spacial score (nSPS) is 12.3. The van der Waals surface area contributed by atoms with Gasteiger partial charge in [-0.15, -0.1) is 0 Å². The Bertz CT molecular complexity index is 789. The summed E-state index contributed by atoms with van der Waals surface area (Å²) < 4.78 is 5.30. The van der Waals surface area contributed by atoms with Gasteiger partial charge in [0, 0.05) is 22.2 Å². The van der Waals surface area contributed by atoms with Crippen LogP contribution in [0.25, 0.3) is 10.9 Å². The molecule has 1 aromatic heterocycles. The summed E-state index contributed by atoms with van der Waals surface area (Å²) in [4.78, 5) is 4.27. The summed E-state index contributed by atoms with van der Waals surface area (Å²) in [5, 5.41) is 12.2. The zero-order valence-corrected chi connectivity index (χ0v) is 12.2. The second-order valence-electron chi connectivity index (χ2n) is 4.74. The molecule has 2 aromatic carbocycles. The van der Waals surface area contributed by atoms with Crippen LogP contribution in [0.4, 0.5) is 0 Å². The highest BCUT2D eigenvalue weighted by Crippen LogP contribution is 2.33. The molecule has 1 N–H and O–H groups in total. The van der Waals surface area contributed by atoms with Crippen LogP contribution in [0, 0.1) is 0 Å². The van der Waals surface area contributed by atoms with Crippen molar-refractivity contribution in [3.63, 3.8) is 0 Å². The topological polar surface area (TPSA) is 42.4 Å². The SMILES string of the molecule is COc1ccc(Cl)cc1C(O)c1ccc2ncccc2c1. The van der Waals surface area contributed by atoms with E-state index in [9.17, 15) is 5.11 Å². The van der Waals surface area contributed by atoms with Gasteiger partial charge in [-0.1, -0.05) is 23.7 Å². The molecule has 1 atom stereocenters. The summed E-state index contributed by atoms with van der Waals surface area (Å²) in [5.74, 6) is 0.609. The number of halogens is 1. The standard InChI is InChI=1S/C17H14ClNO2/c1-21-16-7-5-13(18)10-14(16)17(20)12-4-6-15-11(9-12)3-2-8-19-15/h2-10,17,20H,1H3. The van der Waals surface area contributed by atoms with Gasteiger partial charge in [0.05, 0.1) is 12.6 Å². The number of hydrogen-bond donors (Lipinski definition) is 1. The summed E-state index contributed by atoms with van der Waals surface area (Å²) in [6.45, 7) is 0. The van der Waals surface area contributed by atoms with Gasteiger partial charge in [-0.3, -0.25) is 4.98 Å². The lowest BCUT2D eigenvalue weighted by Gasteiger charge is -2.16. The predicted octanol–water partition coefficient (Wildman–Crippen LogP) is 3.98. The molecule has 0 saturated heterocycles. The van der Waals surface area contributed by atoms with Gasteiger partial charge in [0.1, 0.15) is 11.9 Å². The summed E-state index contributed by atoms with van der Waals surface area (Å²) in [7, 11) is 1.57. The molecule has 4 heteroatoms. The number of aliphatic hydroxyl groups excluding tert-OH is 1. The maximum atomic E-state index is 10.6. The fourth-order valence-electron chi connectivity index (χ4n) is 2.36. The smallest absolute Gasteiger partial charge is 0.125 e. The average molecular weight is 300 g/mol. The second-order valence-corrected chi connectivity index (χ2v) is 5.18. The highest BCUT2D eigenvalue weighted by atomic mass is 35.5. The van der Waals surface area contributed by atoms with E-state index in [1.54, 1.807) is 31.5 Å². The minimum absolute atomic E-state index is 0.562. The molecule has 3 aromatic rings. The zero-order chi connectivity index (χ0) is 14.8. The zero-order valence-electron chi connectivity index (χ0n) is 11.5. The number of rotatable bonds is 3. The van der Waals surface area contributed by atoms with Gasteiger partial charge < -0.3 is 9.84 Å². The van der Waals surface area contributed by atoms with Crippen LogP contribution >= 0.6 is 11.6 Å². The number of aromatic nitrogens is 1. The molecule has 1 unspecified atom stereocenters. The van der Waals surface area contributed by atoms with Crippen molar-refractivity contribution < 1.29 is 9.84 Å². The molecule has 0 saturated carbocycles. The van der Waals surface area contributed by atoms with E-state index in [0.29, 0.717) is 16.3 Å². The van der Waals surface area contributed by atoms with Crippen molar-refractivity contribution in [2.75, 3.05) is 7.11 Å². The quantitative estimate of drug-likeness (QED) is 0.795. The van der Waals surface area contributed by atoms with E-state index in [2.05, 4.69) is 4.98 Å². The van der Waals surface area contributed by atoms with E-state index in [-0.39, 0.29) is 0 Å². The lowest BCUT2D eigenvalue weighted by Crippen LogP contribution is -2.02. The molecule has 106 valence electrons. The first-order valence-corrected chi connectivity index (χ1v) is 6.93. The van der Waals surface area contributed by atoms with Crippen LogP contribution in [0.2, 0.25) is 5.02 Å². The predicted molar refractivity (Wildman–Crippen MR) is 83.8 cm³/mol. The maximum Gasteiger partial charge on any atom is 0.125 e. The highest BCUT2D eigenvalue weighted by Gasteiger charge is 2.16. The molecule has 0 spiro atoms. The number of pyridine rings is 1. The van der Waals surface area contributed by atoms with Crippen LogP contribution < -0.4 is 4.74 Å². The molecule has 21 heavy (non-hydrogen) atoms. The third kappa shape index (κ3) is 2.71. The number of benzene rings is 2. The van der Waals surface area contributed by atoms with Gasteiger partial charge >= 0.3 is 0 Å². The van der Waals surface area contributed by atoms with Crippen LogP contribution in [0.1, 0.15) is 17.2 Å². The molecule has 3 rings (SSSR count). The van der Waals surface area contributed by atoms with Gasteiger partial charge in [-0.25, -0.2) is 0 Å². The van der Waals surface area contributed by atoms with Gasteiger partial charge in [-0.05, 0) is 42.0 Å². The Kier molecular flexibility index (Phi) is 3.78. The first kappa shape index (κ1) is 13.9. The lowest BCUT2D eigenvalue weighted by atomic mass is 9.99. The number of methoxy groups -OCH3 is 1. The van der Waals surface area contributed by atoms with Crippen LogP contribution in [-0.2, 0) is 0 Å². The second kappa shape index (κ2) is 5.72. The third-order valence-corrected chi connectivity index (χ3v) is 3.66.